The number of carbonyl (C=O) groups is 1. The molecule has 0 radical (unpaired) electrons. The van der Waals surface area contributed by atoms with Gasteiger partial charge in [-0.25, -0.2) is 0 Å². The van der Waals surface area contributed by atoms with Gasteiger partial charge in [0.15, 0.2) is 11.5 Å². The Kier molecular flexibility index (Phi) is 5.63. The topological polar surface area (TPSA) is 61.7 Å². The van der Waals surface area contributed by atoms with Gasteiger partial charge in [-0.15, -0.1) is 0 Å². The van der Waals surface area contributed by atoms with E-state index in [1.807, 2.05) is 24.3 Å². The number of nitrogens with one attached hydrogen (secondary N) is 1. The molecule has 0 unspecified atom stereocenters. The van der Waals surface area contributed by atoms with E-state index in [0.29, 0.717) is 5.82 Å². The molecule has 0 bridgehead atoms. The van der Waals surface area contributed by atoms with Crippen LogP contribution in [0.4, 0.5) is 5.69 Å². The van der Waals surface area contributed by atoms with Crippen molar-refractivity contribution in [2.75, 3.05) is 25.8 Å². The monoisotopic (exact) mass is 460 g/mol. The normalized spacial score (nSPS) is 17.1. The quantitative estimate of drug-likeness (QED) is 0.531. The number of fused-ring (bicyclic) bond motifs is 2. The van der Waals surface area contributed by atoms with Gasteiger partial charge >= 0.3 is 0 Å². The summed E-state index contributed by atoms with van der Waals surface area (Å²) in [4.78, 5) is 13.4. The number of methoxy groups -OCH3 is 1. The molecule has 34 heavy (non-hydrogen) atoms. The van der Waals surface area contributed by atoms with E-state index in [1.54, 1.807) is 7.11 Å². The summed E-state index contributed by atoms with van der Waals surface area (Å²) in [5.74, 6) is 1.90. The van der Waals surface area contributed by atoms with Crippen LogP contribution >= 0.6 is 0 Å². The van der Waals surface area contributed by atoms with Crippen LogP contribution in [0.5, 0.6) is 11.5 Å². The van der Waals surface area contributed by atoms with Crippen LogP contribution in [-0.2, 0) is 26.9 Å². The summed E-state index contributed by atoms with van der Waals surface area (Å²) in [7, 11) is 3.96. The Hall–Kier alpha value is -2.93. The summed E-state index contributed by atoms with van der Waals surface area (Å²) < 4.78 is 18.7. The number of amides is 1. The molecule has 1 atom stereocenters. The zero-order valence-electron chi connectivity index (χ0n) is 20.7. The fraction of sp³-hybridized carbons (Fsp3) is 0.444. The van der Waals surface area contributed by atoms with Crippen LogP contribution in [0.3, 0.4) is 0 Å². The molecule has 0 saturated heterocycles. The van der Waals surface area contributed by atoms with Gasteiger partial charge in [0, 0.05) is 48.0 Å². The molecule has 1 saturated carbocycles. The molecule has 3 aromatic rings. The van der Waals surface area contributed by atoms with Gasteiger partial charge in [-0.2, -0.15) is 0 Å². The number of carbonyl (C=O) groups excluding carboxylic acids is 1. The van der Waals surface area contributed by atoms with Crippen LogP contribution < -0.4 is 14.8 Å². The van der Waals surface area contributed by atoms with Crippen LogP contribution in [0.1, 0.15) is 44.9 Å². The van der Waals surface area contributed by atoms with Crippen molar-refractivity contribution in [2.24, 2.45) is 0 Å². The lowest BCUT2D eigenvalue weighted by Gasteiger charge is -2.24. The summed E-state index contributed by atoms with van der Waals surface area (Å²) in [5.41, 5.74) is 3.80. The lowest BCUT2D eigenvalue weighted by atomic mass is 9.87. The van der Waals surface area contributed by atoms with Crippen molar-refractivity contribution in [1.29, 1.82) is 0 Å². The summed E-state index contributed by atoms with van der Waals surface area (Å²) in [6.45, 7) is 8.57. The summed E-state index contributed by atoms with van der Waals surface area (Å²) >= 11 is 0. The first-order valence-electron chi connectivity index (χ1n) is 12.1. The maximum absolute atomic E-state index is 13.4. The van der Waals surface area contributed by atoms with Gasteiger partial charge in [0.2, 0.25) is 12.7 Å². The molecule has 1 aromatic heterocycles. The highest BCUT2D eigenvalue weighted by molar-refractivity contribution is 6.11. The highest BCUT2D eigenvalue weighted by Gasteiger charge is 2.51. The predicted molar refractivity (Wildman–Crippen MR) is 137 cm³/mol. The number of aromatic nitrogens is 1. The second kappa shape index (κ2) is 8.38. The van der Waals surface area contributed by atoms with Crippen LogP contribution in [0, 0.1) is 0 Å². The Bertz CT molecular complexity index is 1240. The van der Waals surface area contributed by atoms with Gasteiger partial charge in [-0.3, -0.25) is 4.79 Å². The van der Waals surface area contributed by atoms with Crippen LogP contribution in [-0.4, -0.2) is 38.8 Å². The van der Waals surface area contributed by atoms with Crippen molar-refractivity contribution >= 4 is 30.3 Å². The molecule has 2 heterocycles. The smallest absolute Gasteiger partial charge is 0.235 e. The second-order valence-electron chi connectivity index (χ2n) is 10.8. The lowest BCUT2D eigenvalue weighted by molar-refractivity contribution is -0.118. The fourth-order valence-corrected chi connectivity index (χ4v) is 5.03. The minimum atomic E-state index is -0.492. The number of hydrogen-bond acceptors (Lipinski definition) is 4. The van der Waals surface area contributed by atoms with Crippen molar-refractivity contribution in [2.45, 2.75) is 56.8 Å². The molecule has 1 fully saturated rings. The number of nitrogens with zero attached hydrogens (tertiary/aromatic N) is 1. The number of rotatable bonds is 7. The van der Waals surface area contributed by atoms with Gasteiger partial charge in [0.05, 0.1) is 5.41 Å². The van der Waals surface area contributed by atoms with Gasteiger partial charge < -0.3 is 24.1 Å². The van der Waals surface area contributed by atoms with E-state index in [0.717, 1.165) is 54.1 Å². The molecule has 178 valence electrons. The number of anilines is 1. The van der Waals surface area contributed by atoms with E-state index >= 15 is 0 Å². The van der Waals surface area contributed by atoms with Gasteiger partial charge in [0.1, 0.15) is 7.85 Å². The highest BCUT2D eigenvalue weighted by atomic mass is 16.7. The summed E-state index contributed by atoms with van der Waals surface area (Å²) in [6, 6.07) is 14.3. The molecule has 2 aliphatic rings. The Labute approximate surface area is 202 Å². The average Bonchev–Trinajstić information content (AvgIpc) is 3.33. The number of benzene rings is 2. The Morgan fingerprint density at radius 2 is 1.91 bits per heavy atom. The van der Waals surface area contributed by atoms with Crippen molar-refractivity contribution < 1.29 is 19.0 Å². The SMILES string of the molecule is B[C@@H](COC)Cn1c(C(C)(C)C)cc2cc(NC(=O)C3(c4ccc5c(c4)OCO5)CC3)ccc21. The maximum atomic E-state index is 13.4. The second-order valence-corrected chi connectivity index (χ2v) is 10.8. The van der Waals surface area contributed by atoms with Gasteiger partial charge in [-0.1, -0.05) is 26.8 Å². The van der Waals surface area contributed by atoms with Gasteiger partial charge in [-0.05, 0) is 60.6 Å². The molecule has 1 aliphatic heterocycles. The van der Waals surface area contributed by atoms with E-state index < -0.39 is 5.41 Å². The third-order valence-corrected chi connectivity index (χ3v) is 6.98. The van der Waals surface area contributed by atoms with Crippen LogP contribution in [0.25, 0.3) is 10.9 Å². The molecular weight excluding hydrogens is 427 g/mol. The van der Waals surface area contributed by atoms with E-state index in [-0.39, 0.29) is 18.1 Å². The predicted octanol–water partition coefficient (Wildman–Crippen LogP) is 4.41. The first-order valence-corrected chi connectivity index (χ1v) is 12.1. The third kappa shape index (κ3) is 4.07. The van der Waals surface area contributed by atoms with Crippen molar-refractivity contribution in [1.82, 2.24) is 4.57 Å². The van der Waals surface area contributed by atoms with Crippen LogP contribution in [0.2, 0.25) is 5.82 Å². The van der Waals surface area contributed by atoms with E-state index in [1.165, 1.54) is 11.2 Å². The molecule has 5 rings (SSSR count). The van der Waals surface area contributed by atoms with Crippen molar-refractivity contribution in [3.05, 3.63) is 53.7 Å². The first kappa shape index (κ1) is 22.8. The Morgan fingerprint density at radius 1 is 1.15 bits per heavy atom. The molecule has 6 nitrogen and oxygen atoms in total. The molecule has 0 spiro atoms. The number of hydrogen-bond donors (Lipinski definition) is 1. The highest BCUT2D eigenvalue weighted by Crippen LogP contribution is 2.51. The minimum Gasteiger partial charge on any atom is -0.454 e. The summed E-state index contributed by atoms with van der Waals surface area (Å²) in [5, 5.41) is 4.33. The van der Waals surface area contributed by atoms with Crippen molar-refractivity contribution in [3.63, 3.8) is 0 Å². The first-order chi connectivity index (χ1) is 16.2. The van der Waals surface area contributed by atoms with E-state index in [4.69, 9.17) is 14.2 Å². The molecular formula is C27H33BN2O4. The standard InChI is InChI=1S/C27H33BN2O4/c1-26(2,3)24-12-17-11-20(6-7-21(17)30(24)14-19(28)15-32-4)29-25(31)27(9-10-27)18-5-8-22-23(13-18)34-16-33-22/h5-8,11-13,19H,9-10,14-16,28H2,1-4H3,(H,29,31)/t19-/m1/s1. The molecule has 7 heteroatoms. The van der Waals surface area contributed by atoms with E-state index in [2.05, 4.69) is 56.7 Å². The molecule has 2 aromatic carbocycles. The fourth-order valence-electron chi connectivity index (χ4n) is 5.03. The lowest BCUT2D eigenvalue weighted by Crippen LogP contribution is -2.27. The third-order valence-electron chi connectivity index (χ3n) is 6.98. The zero-order valence-corrected chi connectivity index (χ0v) is 20.7. The summed E-state index contributed by atoms with van der Waals surface area (Å²) in [6.07, 6.45) is 1.67. The van der Waals surface area contributed by atoms with Crippen molar-refractivity contribution in [3.8, 4) is 11.5 Å². The number of ether oxygens (including phenoxy) is 3. The average molecular weight is 460 g/mol. The molecule has 1 amide bonds. The van der Waals surface area contributed by atoms with E-state index in [9.17, 15) is 4.79 Å². The Balaban J connectivity index is 1.42. The van der Waals surface area contributed by atoms with Gasteiger partial charge in [0.25, 0.3) is 0 Å². The maximum Gasteiger partial charge on any atom is 0.235 e. The minimum absolute atomic E-state index is 0.00660. The molecule has 1 N–H and O–H groups in total. The molecule has 1 aliphatic carbocycles. The Morgan fingerprint density at radius 3 is 2.62 bits per heavy atom. The largest absolute Gasteiger partial charge is 0.454 e. The van der Waals surface area contributed by atoms with Crippen LogP contribution in [0.15, 0.2) is 42.5 Å². The zero-order chi connectivity index (χ0) is 24.1.